The number of carbonyl (C=O) groups is 2. The lowest BCUT2D eigenvalue weighted by atomic mass is 10.0. The van der Waals surface area contributed by atoms with Crippen molar-refractivity contribution in [3.63, 3.8) is 0 Å². The Hall–Kier alpha value is -4.42. The van der Waals surface area contributed by atoms with Gasteiger partial charge < -0.3 is 36.2 Å². The molecule has 1 saturated heterocycles. The third kappa shape index (κ3) is 9.30. The van der Waals surface area contributed by atoms with Gasteiger partial charge in [0, 0.05) is 49.3 Å². The third-order valence-corrected chi connectivity index (χ3v) is 8.76. The number of hydrogen-bond acceptors (Lipinski definition) is 8. The van der Waals surface area contributed by atoms with Crippen LogP contribution in [-0.4, -0.2) is 28.8 Å². The number of benzene rings is 3. The average molecular weight is 643 g/mol. The number of hydrogen-bond donors (Lipinski definition) is 4. The predicted octanol–water partition coefficient (Wildman–Crippen LogP) is 5.16. The topological polar surface area (TPSA) is 150 Å². The summed E-state index contributed by atoms with van der Waals surface area (Å²) in [6.45, 7) is 0.321. The van der Waals surface area contributed by atoms with Crippen LogP contribution in [0.2, 0.25) is 0 Å². The predicted molar refractivity (Wildman–Crippen MR) is 176 cm³/mol. The molecule has 46 heavy (non-hydrogen) atoms. The van der Waals surface area contributed by atoms with E-state index >= 15 is 0 Å². The number of rotatable bonds is 13. The molecule has 0 radical (unpaired) electrons. The zero-order chi connectivity index (χ0) is 32.3. The summed E-state index contributed by atoms with van der Waals surface area (Å²) in [5.41, 5.74) is 10.5. The van der Waals surface area contributed by atoms with E-state index in [1.807, 2.05) is 54.6 Å². The maximum absolute atomic E-state index is 12.4. The first-order valence-corrected chi connectivity index (χ1v) is 16.2. The molecule has 2 heterocycles. The Kier molecular flexibility index (Phi) is 11.6. The smallest absolute Gasteiger partial charge is 0.251 e. The number of amides is 2. The van der Waals surface area contributed by atoms with Crippen LogP contribution in [0.3, 0.4) is 0 Å². The van der Waals surface area contributed by atoms with E-state index in [4.69, 9.17) is 15.2 Å². The van der Waals surface area contributed by atoms with Crippen molar-refractivity contribution in [3.05, 3.63) is 125 Å². The van der Waals surface area contributed by atoms with Crippen molar-refractivity contribution in [1.29, 1.82) is 0 Å². The highest BCUT2D eigenvalue weighted by Crippen LogP contribution is 2.39. The number of nitrogens with one attached hydrogen (secondary N) is 2. The molecule has 5 N–H and O–H groups in total. The number of aromatic nitrogens is 1. The molecule has 1 fully saturated rings. The molecule has 3 atom stereocenters. The van der Waals surface area contributed by atoms with Gasteiger partial charge in [0.25, 0.3) is 5.03 Å². The van der Waals surface area contributed by atoms with Gasteiger partial charge in [-0.3, -0.25) is 9.59 Å². The summed E-state index contributed by atoms with van der Waals surface area (Å²) in [5.74, 6) is 0.250. The summed E-state index contributed by atoms with van der Waals surface area (Å²) in [4.78, 5) is 24.6. The SMILES string of the molecule is Nc1ccccc1NC(=O)CCCC(=O)NCc1ccc(C2OC(CSc3cccc[n+]3[O-])CC(c3ccc(CO)cc3)O2)cc1. The Labute approximate surface area is 272 Å². The minimum atomic E-state index is -0.627. The zero-order valence-corrected chi connectivity index (χ0v) is 26.2. The fourth-order valence-electron chi connectivity index (χ4n) is 5.04. The summed E-state index contributed by atoms with van der Waals surface area (Å²) in [6.07, 6.45) is 1.91. The summed E-state index contributed by atoms with van der Waals surface area (Å²) in [7, 11) is 0. The molecule has 0 spiro atoms. The first kappa shape index (κ1) is 33.0. The Bertz CT molecular complexity index is 1600. The number of para-hydroxylation sites is 2. The van der Waals surface area contributed by atoms with Crippen molar-refractivity contribution in [2.45, 2.75) is 62.4 Å². The zero-order valence-electron chi connectivity index (χ0n) is 25.3. The van der Waals surface area contributed by atoms with Gasteiger partial charge in [-0.15, -0.1) is 0 Å². The lowest BCUT2D eigenvalue weighted by molar-refractivity contribution is -0.645. The van der Waals surface area contributed by atoms with Crippen molar-refractivity contribution >= 4 is 35.0 Å². The monoisotopic (exact) mass is 642 g/mol. The minimum Gasteiger partial charge on any atom is -0.618 e. The number of nitrogen functional groups attached to an aromatic ring is 1. The average Bonchev–Trinajstić information content (AvgIpc) is 3.08. The highest BCUT2D eigenvalue weighted by atomic mass is 32.2. The maximum atomic E-state index is 12.4. The van der Waals surface area contributed by atoms with Crippen molar-refractivity contribution in [2.24, 2.45) is 0 Å². The van der Waals surface area contributed by atoms with Gasteiger partial charge in [-0.25, -0.2) is 0 Å². The van der Waals surface area contributed by atoms with Gasteiger partial charge in [-0.05, 0) is 41.3 Å². The van der Waals surface area contributed by atoms with Crippen molar-refractivity contribution in [1.82, 2.24) is 5.32 Å². The van der Waals surface area contributed by atoms with Crippen LogP contribution in [0.1, 0.15) is 60.3 Å². The lowest BCUT2D eigenvalue weighted by Crippen LogP contribution is -2.32. The standard InChI is InChI=1S/C35H38N4O6S/c36-29-6-1-2-7-30(29)38-33(42)9-5-8-32(41)37-21-24-11-17-27(18-12-24)35-44-28(23-46-34-10-3-4-19-39(34)43)20-31(45-35)26-15-13-25(22-40)14-16-26/h1-4,6-7,10-19,28,31,35,40H,5,8-9,20-23,36H2,(H,37,41)(H,38,42). The molecule has 3 unspecified atom stereocenters. The van der Waals surface area contributed by atoms with E-state index in [1.165, 1.54) is 18.0 Å². The summed E-state index contributed by atoms with van der Waals surface area (Å²) >= 11 is 1.44. The molecule has 0 aliphatic carbocycles. The number of aliphatic hydroxyl groups is 1. The van der Waals surface area contributed by atoms with Crippen molar-refractivity contribution in [2.75, 3.05) is 16.8 Å². The van der Waals surface area contributed by atoms with Crippen LogP contribution in [-0.2, 0) is 32.2 Å². The summed E-state index contributed by atoms with van der Waals surface area (Å²) in [6, 6.07) is 27.8. The van der Waals surface area contributed by atoms with E-state index in [2.05, 4.69) is 10.6 Å². The second-order valence-electron chi connectivity index (χ2n) is 11.0. The number of anilines is 2. The summed E-state index contributed by atoms with van der Waals surface area (Å²) < 4.78 is 13.6. The number of ether oxygens (including phenoxy) is 2. The Morgan fingerprint density at radius 2 is 1.59 bits per heavy atom. The molecule has 2 amide bonds. The molecular formula is C35H38N4O6S. The fourth-order valence-corrected chi connectivity index (χ4v) is 5.97. The molecule has 0 saturated carbocycles. The van der Waals surface area contributed by atoms with Crippen LogP contribution >= 0.6 is 11.8 Å². The maximum Gasteiger partial charge on any atom is 0.251 e. The number of pyridine rings is 1. The molecule has 0 bridgehead atoms. The second-order valence-corrected chi connectivity index (χ2v) is 12.1. The van der Waals surface area contributed by atoms with Crippen LogP contribution in [0.5, 0.6) is 0 Å². The first-order valence-electron chi connectivity index (χ1n) is 15.2. The minimum absolute atomic E-state index is 0.0300. The van der Waals surface area contributed by atoms with E-state index in [1.54, 1.807) is 36.4 Å². The van der Waals surface area contributed by atoms with Gasteiger partial charge in [0.1, 0.15) is 0 Å². The van der Waals surface area contributed by atoms with Crippen molar-refractivity contribution in [3.8, 4) is 0 Å². The highest BCUT2D eigenvalue weighted by molar-refractivity contribution is 7.99. The fraction of sp³-hybridized carbons (Fsp3) is 0.286. The van der Waals surface area contributed by atoms with E-state index < -0.39 is 6.29 Å². The van der Waals surface area contributed by atoms with Crippen LogP contribution < -0.4 is 21.1 Å². The van der Waals surface area contributed by atoms with Gasteiger partial charge in [0.2, 0.25) is 11.8 Å². The molecule has 1 aliphatic heterocycles. The summed E-state index contributed by atoms with van der Waals surface area (Å²) in [5, 5.41) is 27.9. The lowest BCUT2D eigenvalue weighted by Gasteiger charge is -2.36. The third-order valence-electron chi connectivity index (χ3n) is 7.60. The van der Waals surface area contributed by atoms with E-state index in [-0.39, 0.29) is 43.5 Å². The number of nitrogens with two attached hydrogens (primary N) is 1. The van der Waals surface area contributed by atoms with Crippen LogP contribution in [0, 0.1) is 5.21 Å². The van der Waals surface area contributed by atoms with Gasteiger partial charge in [-0.1, -0.05) is 72.4 Å². The molecule has 5 rings (SSSR count). The van der Waals surface area contributed by atoms with Gasteiger partial charge in [0.05, 0.1) is 30.2 Å². The second kappa shape index (κ2) is 16.2. The van der Waals surface area contributed by atoms with Gasteiger partial charge in [0.15, 0.2) is 12.5 Å². The Morgan fingerprint density at radius 1 is 0.891 bits per heavy atom. The number of aliphatic hydroxyl groups excluding tert-OH is 1. The molecule has 10 nitrogen and oxygen atoms in total. The Morgan fingerprint density at radius 3 is 2.33 bits per heavy atom. The van der Waals surface area contributed by atoms with Crippen molar-refractivity contribution < 1.29 is 28.9 Å². The number of thioether (sulfide) groups is 1. The van der Waals surface area contributed by atoms with E-state index in [0.717, 1.165) is 27.0 Å². The highest BCUT2D eigenvalue weighted by Gasteiger charge is 2.32. The molecule has 1 aliphatic rings. The van der Waals surface area contributed by atoms with Crippen LogP contribution in [0.15, 0.2) is 102 Å². The molecule has 4 aromatic rings. The van der Waals surface area contributed by atoms with Crippen LogP contribution in [0.4, 0.5) is 11.4 Å². The molecule has 240 valence electrons. The molecular weight excluding hydrogens is 604 g/mol. The first-order chi connectivity index (χ1) is 22.4. The van der Waals surface area contributed by atoms with E-state index in [0.29, 0.717) is 41.5 Å². The van der Waals surface area contributed by atoms with Gasteiger partial charge in [-0.2, -0.15) is 4.73 Å². The van der Waals surface area contributed by atoms with Crippen LogP contribution in [0.25, 0.3) is 0 Å². The normalized spacial score (nSPS) is 17.7. The van der Waals surface area contributed by atoms with E-state index in [9.17, 15) is 19.9 Å². The number of nitrogens with zero attached hydrogens (tertiary/aromatic N) is 1. The Balaban J connectivity index is 1.14. The quantitative estimate of drug-likeness (QED) is 0.0677. The van der Waals surface area contributed by atoms with Gasteiger partial charge >= 0.3 is 0 Å². The molecule has 1 aromatic heterocycles. The number of carbonyl (C=O) groups excluding carboxylic acids is 2. The molecule has 3 aromatic carbocycles. The molecule has 11 heteroatoms. The largest absolute Gasteiger partial charge is 0.618 e.